The number of allylic oxidation sites excluding steroid dienone is 2. The van der Waals surface area contributed by atoms with Crippen molar-refractivity contribution in [1.82, 2.24) is 14.9 Å². The minimum atomic E-state index is -2.54. The van der Waals surface area contributed by atoms with Gasteiger partial charge in [0.25, 0.3) is 6.43 Å². The maximum atomic E-state index is 12.9. The lowest BCUT2D eigenvalue weighted by atomic mass is 9.89. The first-order valence-electron chi connectivity index (χ1n) is 9.56. The SMILES string of the molecule is CC/C=C(/C)N1CCC(c2cc(Cl)nc(Nc3cc(C(F)F)ccn3)c2)CC1. The molecule has 1 N–H and O–H groups in total. The lowest BCUT2D eigenvalue weighted by Crippen LogP contribution is -2.31. The van der Waals surface area contributed by atoms with Crippen LogP contribution in [0, 0.1) is 0 Å². The molecule has 0 aromatic carbocycles. The molecule has 0 amide bonds. The summed E-state index contributed by atoms with van der Waals surface area (Å²) in [6.45, 7) is 6.33. The fourth-order valence-corrected chi connectivity index (χ4v) is 3.81. The van der Waals surface area contributed by atoms with Crippen molar-refractivity contribution in [3.63, 3.8) is 0 Å². The minimum absolute atomic E-state index is 0.0809. The first-order chi connectivity index (χ1) is 13.5. The highest BCUT2D eigenvalue weighted by Crippen LogP contribution is 2.32. The molecule has 0 atom stereocenters. The molecule has 0 bridgehead atoms. The third-order valence-corrected chi connectivity index (χ3v) is 5.27. The molecular weight excluding hydrogens is 382 g/mol. The topological polar surface area (TPSA) is 41.1 Å². The maximum Gasteiger partial charge on any atom is 0.264 e. The maximum absolute atomic E-state index is 12.9. The number of nitrogens with zero attached hydrogens (tertiary/aromatic N) is 3. The minimum Gasteiger partial charge on any atom is -0.375 e. The zero-order chi connectivity index (χ0) is 20.1. The molecule has 2 aromatic heterocycles. The number of alkyl halides is 2. The van der Waals surface area contributed by atoms with Crippen LogP contribution < -0.4 is 5.32 Å². The second-order valence-corrected chi connectivity index (χ2v) is 7.41. The van der Waals surface area contributed by atoms with Crippen molar-refractivity contribution in [2.24, 2.45) is 0 Å². The van der Waals surface area contributed by atoms with Gasteiger partial charge in [0.15, 0.2) is 0 Å². The van der Waals surface area contributed by atoms with Gasteiger partial charge in [-0.3, -0.25) is 0 Å². The second kappa shape index (κ2) is 9.32. The third kappa shape index (κ3) is 5.19. The van der Waals surface area contributed by atoms with Gasteiger partial charge < -0.3 is 10.2 Å². The van der Waals surface area contributed by atoms with Crippen molar-refractivity contribution in [2.45, 2.75) is 45.5 Å². The van der Waals surface area contributed by atoms with Gasteiger partial charge in [-0.05, 0) is 61.9 Å². The molecule has 1 saturated heterocycles. The number of likely N-dealkylation sites (tertiary alicyclic amines) is 1. The Morgan fingerprint density at radius 2 is 2.04 bits per heavy atom. The van der Waals surface area contributed by atoms with Crippen LogP contribution in [0.5, 0.6) is 0 Å². The van der Waals surface area contributed by atoms with Gasteiger partial charge in [0.2, 0.25) is 0 Å². The predicted octanol–water partition coefficient (Wildman–Crippen LogP) is 6.30. The summed E-state index contributed by atoms with van der Waals surface area (Å²) in [5, 5.41) is 3.39. The van der Waals surface area contributed by atoms with Crippen molar-refractivity contribution in [1.29, 1.82) is 0 Å². The van der Waals surface area contributed by atoms with Gasteiger partial charge in [-0.1, -0.05) is 24.6 Å². The van der Waals surface area contributed by atoms with Crippen LogP contribution in [0.1, 0.15) is 56.6 Å². The van der Waals surface area contributed by atoms with E-state index in [0.717, 1.165) is 37.9 Å². The van der Waals surface area contributed by atoms with Crippen LogP contribution in [0.4, 0.5) is 20.4 Å². The first-order valence-corrected chi connectivity index (χ1v) is 9.94. The number of aromatic nitrogens is 2. The number of hydrogen-bond acceptors (Lipinski definition) is 4. The summed E-state index contributed by atoms with van der Waals surface area (Å²) >= 11 is 6.23. The highest BCUT2D eigenvalue weighted by molar-refractivity contribution is 6.29. The van der Waals surface area contributed by atoms with E-state index in [4.69, 9.17) is 11.6 Å². The smallest absolute Gasteiger partial charge is 0.264 e. The van der Waals surface area contributed by atoms with Crippen LogP contribution in [-0.2, 0) is 0 Å². The van der Waals surface area contributed by atoms with E-state index < -0.39 is 6.43 Å². The van der Waals surface area contributed by atoms with Crippen LogP contribution in [0.15, 0.2) is 42.2 Å². The van der Waals surface area contributed by atoms with Crippen LogP contribution in [0.2, 0.25) is 5.15 Å². The van der Waals surface area contributed by atoms with Gasteiger partial charge in [0.1, 0.15) is 16.8 Å². The number of piperidine rings is 1. The summed E-state index contributed by atoms with van der Waals surface area (Å²) in [5.41, 5.74) is 2.37. The summed E-state index contributed by atoms with van der Waals surface area (Å²) < 4.78 is 25.8. The molecule has 1 fully saturated rings. The van der Waals surface area contributed by atoms with Crippen LogP contribution in [-0.4, -0.2) is 28.0 Å². The summed E-state index contributed by atoms with van der Waals surface area (Å²) in [5.74, 6) is 1.24. The van der Waals surface area contributed by atoms with E-state index in [0.29, 0.717) is 22.7 Å². The molecule has 0 aliphatic carbocycles. The van der Waals surface area contributed by atoms with E-state index in [2.05, 4.69) is 40.1 Å². The van der Waals surface area contributed by atoms with Gasteiger partial charge in [0, 0.05) is 30.5 Å². The molecule has 0 saturated carbocycles. The van der Waals surface area contributed by atoms with Crippen LogP contribution in [0.3, 0.4) is 0 Å². The largest absolute Gasteiger partial charge is 0.375 e. The Morgan fingerprint density at radius 3 is 2.71 bits per heavy atom. The molecule has 1 aliphatic rings. The average molecular weight is 407 g/mol. The van der Waals surface area contributed by atoms with Crippen molar-refractivity contribution in [2.75, 3.05) is 18.4 Å². The Morgan fingerprint density at radius 1 is 1.29 bits per heavy atom. The monoisotopic (exact) mass is 406 g/mol. The van der Waals surface area contributed by atoms with E-state index in [1.807, 2.05) is 12.1 Å². The zero-order valence-electron chi connectivity index (χ0n) is 16.1. The molecule has 3 heterocycles. The Bertz CT molecular complexity index is 833. The van der Waals surface area contributed by atoms with Crippen molar-refractivity contribution in [3.05, 3.63) is 58.5 Å². The normalized spacial score (nSPS) is 15.9. The molecule has 0 spiro atoms. The van der Waals surface area contributed by atoms with Crippen molar-refractivity contribution < 1.29 is 8.78 Å². The Balaban J connectivity index is 1.72. The van der Waals surface area contributed by atoms with E-state index in [1.54, 1.807) is 0 Å². The summed E-state index contributed by atoms with van der Waals surface area (Å²) in [7, 11) is 0. The van der Waals surface area contributed by atoms with Gasteiger partial charge in [-0.2, -0.15) is 0 Å². The Hall–Kier alpha value is -2.21. The lowest BCUT2D eigenvalue weighted by molar-refractivity contribution is 0.151. The van der Waals surface area contributed by atoms with Gasteiger partial charge in [-0.15, -0.1) is 0 Å². The molecule has 7 heteroatoms. The number of rotatable bonds is 6. The van der Waals surface area contributed by atoms with E-state index in [9.17, 15) is 8.78 Å². The fraction of sp³-hybridized carbons (Fsp3) is 0.429. The van der Waals surface area contributed by atoms with Gasteiger partial charge >= 0.3 is 0 Å². The van der Waals surface area contributed by atoms with Crippen molar-refractivity contribution in [3.8, 4) is 0 Å². The third-order valence-electron chi connectivity index (χ3n) is 5.07. The quantitative estimate of drug-likeness (QED) is 0.571. The van der Waals surface area contributed by atoms with Crippen LogP contribution in [0.25, 0.3) is 0 Å². The summed E-state index contributed by atoms with van der Waals surface area (Å²) in [6.07, 6.45) is 4.19. The van der Waals surface area contributed by atoms with Gasteiger partial charge in [-0.25, -0.2) is 18.7 Å². The second-order valence-electron chi connectivity index (χ2n) is 7.02. The zero-order valence-corrected chi connectivity index (χ0v) is 16.9. The molecule has 3 rings (SSSR count). The molecule has 0 unspecified atom stereocenters. The van der Waals surface area contributed by atoms with E-state index >= 15 is 0 Å². The van der Waals surface area contributed by atoms with Gasteiger partial charge in [0.05, 0.1) is 0 Å². The summed E-state index contributed by atoms with van der Waals surface area (Å²) in [4.78, 5) is 10.8. The number of hydrogen-bond donors (Lipinski definition) is 1. The lowest BCUT2D eigenvalue weighted by Gasteiger charge is -2.34. The van der Waals surface area contributed by atoms with Crippen LogP contribution >= 0.6 is 11.6 Å². The molecule has 28 heavy (non-hydrogen) atoms. The van der Waals surface area contributed by atoms with E-state index in [-0.39, 0.29) is 5.56 Å². The molecule has 4 nitrogen and oxygen atoms in total. The highest BCUT2D eigenvalue weighted by Gasteiger charge is 2.21. The predicted molar refractivity (Wildman–Crippen MR) is 109 cm³/mol. The molecule has 0 radical (unpaired) electrons. The average Bonchev–Trinajstić information content (AvgIpc) is 2.68. The molecular formula is C21H25ClF2N4. The molecule has 2 aromatic rings. The Labute approximate surface area is 169 Å². The Kier molecular flexibility index (Phi) is 6.83. The number of nitrogens with one attached hydrogen (secondary N) is 1. The highest BCUT2D eigenvalue weighted by atomic mass is 35.5. The van der Waals surface area contributed by atoms with Crippen molar-refractivity contribution >= 4 is 23.2 Å². The fourth-order valence-electron chi connectivity index (χ4n) is 3.59. The number of pyridine rings is 2. The number of anilines is 2. The first kappa shape index (κ1) is 20.5. The molecule has 150 valence electrons. The number of halogens is 3. The molecule has 1 aliphatic heterocycles. The van der Waals surface area contributed by atoms with E-state index in [1.165, 1.54) is 24.0 Å². The summed E-state index contributed by atoms with van der Waals surface area (Å²) in [6, 6.07) is 6.46. The standard InChI is InChI=1S/C21H25ClF2N4/c1-3-4-14(2)28-9-6-15(7-10-28)17-11-18(22)26-20(13-17)27-19-12-16(21(23)24)5-8-25-19/h4-5,8,11-13,15,21H,3,6-7,9-10H2,1-2H3,(H,25,26,27)/b14-4-.